The molecule has 4 nitrogen and oxygen atoms in total. The predicted octanol–water partition coefficient (Wildman–Crippen LogP) is 3.20. The first-order valence-electron chi connectivity index (χ1n) is 6.92. The number of carboxylic acid groups (broad SMARTS) is 1. The van der Waals surface area contributed by atoms with E-state index in [-0.39, 0.29) is 5.92 Å². The zero-order valence-electron chi connectivity index (χ0n) is 11.8. The Labute approximate surface area is 118 Å². The van der Waals surface area contributed by atoms with Gasteiger partial charge in [-0.15, -0.1) is 11.3 Å². The van der Waals surface area contributed by atoms with Gasteiger partial charge < -0.3 is 5.11 Å². The van der Waals surface area contributed by atoms with Crippen molar-refractivity contribution in [2.45, 2.75) is 46.1 Å². The Bertz CT molecular complexity index is 448. The Morgan fingerprint density at radius 1 is 1.47 bits per heavy atom. The molecule has 1 aliphatic rings. The maximum atomic E-state index is 11.2. The van der Waals surface area contributed by atoms with Crippen molar-refractivity contribution < 1.29 is 9.90 Å². The lowest BCUT2D eigenvalue weighted by Crippen LogP contribution is -2.32. The standard InChI is InChI=1S/C14H22N2O2S/c1-9(2)12-13(14(17)18)19-11(15-12)8-16-6-4-10(3)5-7-16/h9-10H,4-8H2,1-3H3,(H,17,18). The summed E-state index contributed by atoms with van der Waals surface area (Å²) in [6.07, 6.45) is 2.46. The highest BCUT2D eigenvalue weighted by Crippen LogP contribution is 2.27. The van der Waals surface area contributed by atoms with E-state index in [0.717, 1.165) is 36.3 Å². The van der Waals surface area contributed by atoms with E-state index in [4.69, 9.17) is 0 Å². The van der Waals surface area contributed by atoms with Crippen molar-refractivity contribution in [3.63, 3.8) is 0 Å². The van der Waals surface area contributed by atoms with Crippen LogP contribution in [0.5, 0.6) is 0 Å². The van der Waals surface area contributed by atoms with Crippen LogP contribution in [0, 0.1) is 5.92 Å². The monoisotopic (exact) mass is 282 g/mol. The van der Waals surface area contributed by atoms with Gasteiger partial charge >= 0.3 is 5.97 Å². The summed E-state index contributed by atoms with van der Waals surface area (Å²) >= 11 is 1.34. The lowest BCUT2D eigenvalue weighted by molar-refractivity contribution is 0.0700. The molecule has 0 saturated carbocycles. The van der Waals surface area contributed by atoms with Crippen LogP contribution >= 0.6 is 11.3 Å². The lowest BCUT2D eigenvalue weighted by atomic mass is 9.99. The van der Waals surface area contributed by atoms with Crippen LogP contribution in [-0.2, 0) is 6.54 Å². The van der Waals surface area contributed by atoms with Gasteiger partial charge in [0.2, 0.25) is 0 Å². The van der Waals surface area contributed by atoms with Crippen molar-refractivity contribution in [3.8, 4) is 0 Å². The molecule has 5 heteroatoms. The first-order chi connectivity index (χ1) is 8.97. The number of carbonyl (C=O) groups is 1. The Morgan fingerprint density at radius 2 is 2.11 bits per heavy atom. The average molecular weight is 282 g/mol. The topological polar surface area (TPSA) is 53.4 Å². The van der Waals surface area contributed by atoms with E-state index in [0.29, 0.717) is 4.88 Å². The molecule has 19 heavy (non-hydrogen) atoms. The van der Waals surface area contributed by atoms with Crippen LogP contribution in [0.4, 0.5) is 0 Å². The van der Waals surface area contributed by atoms with Gasteiger partial charge in [0.25, 0.3) is 0 Å². The second-order valence-electron chi connectivity index (χ2n) is 5.74. The molecule has 1 aromatic rings. The molecule has 1 aliphatic heterocycles. The summed E-state index contributed by atoms with van der Waals surface area (Å²) in [4.78, 5) is 18.6. The van der Waals surface area contributed by atoms with Crippen LogP contribution in [-0.4, -0.2) is 34.0 Å². The number of piperidine rings is 1. The van der Waals surface area contributed by atoms with Crippen LogP contribution in [0.15, 0.2) is 0 Å². The van der Waals surface area contributed by atoms with Crippen molar-refractivity contribution in [1.29, 1.82) is 0 Å². The molecule has 1 N–H and O–H groups in total. The van der Waals surface area contributed by atoms with Gasteiger partial charge in [-0.25, -0.2) is 9.78 Å². The molecule has 0 unspecified atom stereocenters. The molecule has 0 atom stereocenters. The quantitative estimate of drug-likeness (QED) is 0.921. The highest BCUT2D eigenvalue weighted by atomic mass is 32.1. The normalized spacial score (nSPS) is 18.1. The third-order valence-corrected chi connectivity index (χ3v) is 4.72. The highest BCUT2D eigenvalue weighted by molar-refractivity contribution is 7.13. The van der Waals surface area contributed by atoms with Gasteiger partial charge in [-0.3, -0.25) is 4.90 Å². The molecule has 2 rings (SSSR count). The summed E-state index contributed by atoms with van der Waals surface area (Å²) in [6, 6.07) is 0. The average Bonchev–Trinajstić information content (AvgIpc) is 2.76. The van der Waals surface area contributed by atoms with E-state index in [1.165, 1.54) is 24.2 Å². The van der Waals surface area contributed by atoms with Gasteiger partial charge in [-0.1, -0.05) is 20.8 Å². The summed E-state index contributed by atoms with van der Waals surface area (Å²) in [7, 11) is 0. The Kier molecular flexibility index (Phi) is 4.58. The summed E-state index contributed by atoms with van der Waals surface area (Å²) in [5.41, 5.74) is 0.734. The minimum absolute atomic E-state index is 0.164. The smallest absolute Gasteiger partial charge is 0.347 e. The molecule has 0 bridgehead atoms. The summed E-state index contributed by atoms with van der Waals surface area (Å²) < 4.78 is 0. The Morgan fingerprint density at radius 3 is 2.58 bits per heavy atom. The first kappa shape index (κ1) is 14.5. The summed E-state index contributed by atoms with van der Waals surface area (Å²) in [6.45, 7) is 9.27. The largest absolute Gasteiger partial charge is 0.477 e. The predicted molar refractivity (Wildman–Crippen MR) is 76.8 cm³/mol. The zero-order valence-corrected chi connectivity index (χ0v) is 12.7. The molecule has 2 heterocycles. The van der Waals surface area contributed by atoms with Crippen molar-refractivity contribution in [2.75, 3.05) is 13.1 Å². The van der Waals surface area contributed by atoms with E-state index in [1.807, 2.05) is 13.8 Å². The number of thiazole rings is 1. The van der Waals surface area contributed by atoms with Gasteiger partial charge in [-0.2, -0.15) is 0 Å². The van der Waals surface area contributed by atoms with Crippen molar-refractivity contribution in [2.24, 2.45) is 5.92 Å². The maximum absolute atomic E-state index is 11.2. The molecule has 0 spiro atoms. The number of hydrogen-bond donors (Lipinski definition) is 1. The van der Waals surface area contributed by atoms with Crippen LogP contribution in [0.2, 0.25) is 0 Å². The highest BCUT2D eigenvalue weighted by Gasteiger charge is 2.22. The van der Waals surface area contributed by atoms with Crippen LogP contribution in [0.25, 0.3) is 0 Å². The number of rotatable bonds is 4. The van der Waals surface area contributed by atoms with Gasteiger partial charge in [0, 0.05) is 0 Å². The van der Waals surface area contributed by atoms with E-state index < -0.39 is 5.97 Å². The van der Waals surface area contributed by atoms with Crippen molar-refractivity contribution in [1.82, 2.24) is 9.88 Å². The Balaban J connectivity index is 2.08. The fourth-order valence-electron chi connectivity index (χ4n) is 2.40. The Hall–Kier alpha value is -0.940. The van der Waals surface area contributed by atoms with Gasteiger partial charge in [0.15, 0.2) is 0 Å². The van der Waals surface area contributed by atoms with E-state index >= 15 is 0 Å². The molecule has 1 saturated heterocycles. The maximum Gasteiger partial charge on any atom is 0.347 e. The molecule has 0 amide bonds. The molecule has 1 fully saturated rings. The minimum Gasteiger partial charge on any atom is -0.477 e. The molecular weight excluding hydrogens is 260 g/mol. The molecule has 0 radical (unpaired) electrons. The van der Waals surface area contributed by atoms with E-state index in [1.54, 1.807) is 0 Å². The molecule has 0 aliphatic carbocycles. The van der Waals surface area contributed by atoms with Crippen LogP contribution in [0.3, 0.4) is 0 Å². The number of nitrogens with zero attached hydrogens (tertiary/aromatic N) is 2. The molecule has 0 aromatic carbocycles. The van der Waals surface area contributed by atoms with Gasteiger partial charge in [0.1, 0.15) is 9.88 Å². The first-order valence-corrected chi connectivity index (χ1v) is 7.74. The third kappa shape index (κ3) is 3.54. The van der Waals surface area contributed by atoms with E-state index in [2.05, 4.69) is 16.8 Å². The fourth-order valence-corrected chi connectivity index (χ4v) is 3.50. The van der Waals surface area contributed by atoms with E-state index in [9.17, 15) is 9.90 Å². The zero-order chi connectivity index (χ0) is 14.0. The van der Waals surface area contributed by atoms with Gasteiger partial charge in [0.05, 0.1) is 12.2 Å². The third-order valence-electron chi connectivity index (χ3n) is 3.67. The second-order valence-corrected chi connectivity index (χ2v) is 6.82. The number of carboxylic acids is 1. The molecule has 1 aromatic heterocycles. The number of aromatic nitrogens is 1. The number of hydrogen-bond acceptors (Lipinski definition) is 4. The van der Waals surface area contributed by atoms with Crippen LogP contribution < -0.4 is 0 Å². The van der Waals surface area contributed by atoms with Crippen LogP contribution in [0.1, 0.15) is 59.9 Å². The van der Waals surface area contributed by atoms with Crippen molar-refractivity contribution >= 4 is 17.3 Å². The minimum atomic E-state index is -0.847. The summed E-state index contributed by atoms with van der Waals surface area (Å²) in [5, 5.41) is 10.2. The van der Waals surface area contributed by atoms with Crippen molar-refractivity contribution in [3.05, 3.63) is 15.6 Å². The number of likely N-dealkylation sites (tertiary alicyclic amines) is 1. The SMILES string of the molecule is CC1CCN(Cc2nc(C(C)C)c(C(=O)O)s2)CC1. The molecule has 106 valence electrons. The summed E-state index contributed by atoms with van der Waals surface area (Å²) in [5.74, 6) is 0.130. The number of aromatic carboxylic acids is 1. The fraction of sp³-hybridized carbons (Fsp3) is 0.714. The lowest BCUT2D eigenvalue weighted by Gasteiger charge is -2.29. The molecular formula is C14H22N2O2S. The van der Waals surface area contributed by atoms with Gasteiger partial charge in [-0.05, 0) is 37.8 Å². The second kappa shape index (κ2) is 6.01.